The number of hydrogen-bond acceptors (Lipinski definition) is 2. The highest BCUT2D eigenvalue weighted by molar-refractivity contribution is 4.90. The Morgan fingerprint density at radius 3 is 2.25 bits per heavy atom. The first kappa shape index (κ1) is 8.57. The zero-order valence-electron chi connectivity index (χ0n) is 5.84. The molecule has 0 radical (unpaired) electrons. The van der Waals surface area contributed by atoms with Crippen LogP contribution in [0.5, 0.6) is 0 Å². The maximum Gasteiger partial charge on any atom is 0.362 e. The molecule has 0 N–H and O–H groups in total. The third kappa shape index (κ3) is 0.936. The van der Waals surface area contributed by atoms with Crippen molar-refractivity contribution in [1.29, 1.82) is 0 Å². The minimum Gasteiger partial charge on any atom is -0.268 e. The van der Waals surface area contributed by atoms with Gasteiger partial charge in [-0.1, -0.05) is 9.27 Å². The molecule has 0 fully saturated rings. The first-order valence-corrected chi connectivity index (χ1v) is 2.80. The average molecular weight is 180 g/mol. The summed E-state index contributed by atoms with van der Waals surface area (Å²) in [6.45, 7) is 0. The Labute approximate surface area is 63.4 Å². The van der Waals surface area contributed by atoms with Gasteiger partial charge in [-0.2, -0.15) is 8.78 Å². The lowest BCUT2D eigenvalue weighted by molar-refractivity contribution is 0.283. The van der Waals surface area contributed by atoms with E-state index in [1.54, 1.807) is 0 Å². The van der Waals surface area contributed by atoms with Gasteiger partial charge in [0.1, 0.15) is 0 Å². The van der Waals surface area contributed by atoms with Crippen molar-refractivity contribution in [3.8, 4) is 0 Å². The number of nitrogens with zero attached hydrogens (tertiary/aromatic N) is 2. The molecule has 0 unspecified atom stereocenters. The van der Waals surface area contributed by atoms with E-state index in [0.29, 0.717) is 0 Å². The second-order valence-electron chi connectivity index (χ2n) is 2.03. The van der Waals surface area contributed by atoms with Crippen LogP contribution in [0, 0.1) is 11.8 Å². The summed E-state index contributed by atoms with van der Waals surface area (Å²) in [7, 11) is 0.802. The van der Waals surface area contributed by atoms with E-state index in [4.69, 9.17) is 0 Å². The normalized spacial score (nSPS) is 10.3. The molecule has 0 aromatic carbocycles. The Morgan fingerprint density at radius 1 is 1.25 bits per heavy atom. The van der Waals surface area contributed by atoms with E-state index in [1.807, 2.05) is 0 Å². The van der Waals surface area contributed by atoms with Crippen molar-refractivity contribution in [2.75, 3.05) is 0 Å². The molecule has 0 aliphatic rings. The Bertz CT molecular complexity index is 396. The monoisotopic (exact) mass is 180 g/mol. The molecule has 0 amide bonds. The van der Waals surface area contributed by atoms with Crippen LogP contribution in [0.4, 0.5) is 13.3 Å². The third-order valence-corrected chi connectivity index (χ3v) is 1.30. The highest BCUT2D eigenvalue weighted by atomic mass is 19.2. The van der Waals surface area contributed by atoms with Gasteiger partial charge in [0.05, 0.1) is 0 Å². The van der Waals surface area contributed by atoms with E-state index >= 15 is 0 Å². The molecule has 1 aromatic rings. The standard InChI is InChI=1S/C5H3F3N2O2/c1-9-3(7)2(6)4(11)10(8)5(9)12/h1H3. The second-order valence-corrected chi connectivity index (χ2v) is 2.03. The van der Waals surface area contributed by atoms with E-state index in [9.17, 15) is 22.9 Å². The summed E-state index contributed by atoms with van der Waals surface area (Å²) in [5.41, 5.74) is -3.48. The van der Waals surface area contributed by atoms with Crippen LogP contribution < -0.4 is 11.2 Å². The molecule has 4 nitrogen and oxygen atoms in total. The maximum absolute atomic E-state index is 12.4. The first-order valence-electron chi connectivity index (χ1n) is 2.80. The molecule has 1 heterocycles. The van der Waals surface area contributed by atoms with Gasteiger partial charge in [-0.3, -0.25) is 9.36 Å². The summed E-state index contributed by atoms with van der Waals surface area (Å²) >= 11 is 0. The number of aromatic nitrogens is 2. The molecular formula is C5H3F3N2O2. The minimum atomic E-state index is -1.92. The first-order chi connectivity index (χ1) is 5.46. The zero-order chi connectivity index (χ0) is 9.46. The summed E-state index contributed by atoms with van der Waals surface area (Å²) in [5.74, 6) is -3.60. The largest absolute Gasteiger partial charge is 0.362 e. The Hall–Kier alpha value is -1.53. The van der Waals surface area contributed by atoms with Gasteiger partial charge in [0, 0.05) is 7.05 Å². The van der Waals surface area contributed by atoms with Crippen LogP contribution in [0.2, 0.25) is 0 Å². The lowest BCUT2D eigenvalue weighted by atomic mass is 10.6. The van der Waals surface area contributed by atoms with Crippen LogP contribution in [0.25, 0.3) is 0 Å². The topological polar surface area (TPSA) is 44.0 Å². The molecular weight excluding hydrogens is 177 g/mol. The van der Waals surface area contributed by atoms with Crippen LogP contribution >= 0.6 is 0 Å². The van der Waals surface area contributed by atoms with Gasteiger partial charge in [-0.15, -0.1) is 0 Å². The van der Waals surface area contributed by atoms with Crippen molar-refractivity contribution in [3.05, 3.63) is 32.6 Å². The third-order valence-electron chi connectivity index (χ3n) is 1.30. The van der Waals surface area contributed by atoms with Crippen LogP contribution in [-0.2, 0) is 7.05 Å². The summed E-state index contributed by atoms with van der Waals surface area (Å²) < 4.78 is 37.1. The van der Waals surface area contributed by atoms with E-state index in [2.05, 4.69) is 0 Å². The van der Waals surface area contributed by atoms with Crippen LogP contribution in [0.3, 0.4) is 0 Å². The molecule has 66 valence electrons. The van der Waals surface area contributed by atoms with Crippen LogP contribution in [-0.4, -0.2) is 9.36 Å². The summed E-state index contributed by atoms with van der Waals surface area (Å²) in [6, 6.07) is 0. The van der Waals surface area contributed by atoms with Gasteiger partial charge in [0.15, 0.2) is 0 Å². The predicted molar refractivity (Wildman–Crippen MR) is 32.4 cm³/mol. The molecule has 0 bridgehead atoms. The molecule has 12 heavy (non-hydrogen) atoms. The van der Waals surface area contributed by atoms with Gasteiger partial charge in [-0.25, -0.2) is 4.79 Å². The Morgan fingerprint density at radius 2 is 1.75 bits per heavy atom. The fourth-order valence-corrected chi connectivity index (χ4v) is 0.624. The van der Waals surface area contributed by atoms with Gasteiger partial charge in [-0.05, 0) is 0 Å². The number of halogens is 3. The molecule has 7 heteroatoms. The summed E-state index contributed by atoms with van der Waals surface area (Å²) in [6.07, 6.45) is 0. The van der Waals surface area contributed by atoms with E-state index < -0.39 is 27.8 Å². The van der Waals surface area contributed by atoms with Gasteiger partial charge >= 0.3 is 11.2 Å². The fourth-order valence-electron chi connectivity index (χ4n) is 0.624. The van der Waals surface area contributed by atoms with Gasteiger partial charge < -0.3 is 0 Å². The van der Waals surface area contributed by atoms with Crippen LogP contribution in [0.15, 0.2) is 9.59 Å². The smallest absolute Gasteiger partial charge is 0.268 e. The number of rotatable bonds is 0. The maximum atomic E-state index is 12.4. The summed E-state index contributed by atoms with van der Waals surface area (Å²) in [4.78, 5) is 19.8. The minimum absolute atomic E-state index is 0.0523. The fraction of sp³-hybridized carbons (Fsp3) is 0.200. The molecule has 0 spiro atoms. The Kier molecular flexibility index (Phi) is 1.79. The molecule has 0 atom stereocenters. The molecule has 1 aromatic heterocycles. The van der Waals surface area contributed by atoms with E-state index in [0.717, 1.165) is 7.05 Å². The highest BCUT2D eigenvalue weighted by Crippen LogP contribution is 1.93. The van der Waals surface area contributed by atoms with Crippen molar-refractivity contribution >= 4 is 0 Å². The zero-order valence-corrected chi connectivity index (χ0v) is 5.84. The molecule has 0 saturated carbocycles. The Balaban J connectivity index is 3.86. The van der Waals surface area contributed by atoms with Gasteiger partial charge in [0.25, 0.3) is 0 Å². The SMILES string of the molecule is Cn1c(F)c(F)c(=O)n(F)c1=O. The van der Waals surface area contributed by atoms with Crippen LogP contribution in [0.1, 0.15) is 0 Å². The highest BCUT2D eigenvalue weighted by Gasteiger charge is 2.16. The summed E-state index contributed by atoms with van der Waals surface area (Å²) in [5, 5.41) is 0. The molecule has 0 aliphatic carbocycles. The van der Waals surface area contributed by atoms with Crippen molar-refractivity contribution in [3.63, 3.8) is 0 Å². The molecule has 1 rings (SSSR count). The lowest BCUT2D eigenvalue weighted by Crippen LogP contribution is -2.38. The molecule has 0 aliphatic heterocycles. The molecule has 0 saturated heterocycles. The second kappa shape index (κ2) is 2.50. The van der Waals surface area contributed by atoms with E-state index in [1.165, 1.54) is 0 Å². The predicted octanol–water partition coefficient (Wildman–Crippen LogP) is -0.442. The number of hydrogen-bond donors (Lipinski definition) is 0. The van der Waals surface area contributed by atoms with Crippen molar-refractivity contribution < 1.29 is 13.3 Å². The van der Waals surface area contributed by atoms with Crippen molar-refractivity contribution in [2.24, 2.45) is 7.05 Å². The van der Waals surface area contributed by atoms with Gasteiger partial charge in [0.2, 0.25) is 11.8 Å². The van der Waals surface area contributed by atoms with Crippen molar-refractivity contribution in [2.45, 2.75) is 0 Å². The van der Waals surface area contributed by atoms with E-state index in [-0.39, 0.29) is 4.57 Å². The van der Waals surface area contributed by atoms with Crippen molar-refractivity contribution in [1.82, 2.24) is 9.36 Å². The quantitative estimate of drug-likeness (QED) is 0.508. The average Bonchev–Trinajstić information content (AvgIpc) is 2.08. The lowest BCUT2D eigenvalue weighted by Gasteiger charge is -1.99.